The first-order valence-corrected chi connectivity index (χ1v) is 8.13. The van der Waals surface area contributed by atoms with Gasteiger partial charge in [-0.25, -0.2) is 4.98 Å². The Balaban J connectivity index is 1.65. The fourth-order valence-electron chi connectivity index (χ4n) is 2.64. The van der Waals surface area contributed by atoms with E-state index in [4.69, 9.17) is 4.74 Å². The van der Waals surface area contributed by atoms with Crippen molar-refractivity contribution in [2.45, 2.75) is 13.5 Å². The van der Waals surface area contributed by atoms with E-state index in [9.17, 15) is 4.79 Å². The summed E-state index contributed by atoms with van der Waals surface area (Å²) in [6.45, 7) is 2.41. The molecule has 2 heterocycles. The van der Waals surface area contributed by atoms with E-state index in [0.29, 0.717) is 17.3 Å². The summed E-state index contributed by atoms with van der Waals surface area (Å²) in [5.41, 5.74) is 3.48. The van der Waals surface area contributed by atoms with Crippen LogP contribution in [-0.4, -0.2) is 10.9 Å². The largest absolute Gasteiger partial charge is 0.487 e. The molecule has 0 fully saturated rings. The lowest BCUT2D eigenvalue weighted by atomic mass is 10.1. The number of nitrogens with one attached hydrogen (secondary N) is 1. The highest BCUT2D eigenvalue weighted by Crippen LogP contribution is 2.40. The number of rotatable bonds is 2. The number of para-hydroxylation sites is 1. The second-order valence-corrected chi connectivity index (χ2v) is 6.43. The summed E-state index contributed by atoms with van der Waals surface area (Å²) >= 11 is 1.46. The second-order valence-electron chi connectivity index (χ2n) is 5.34. The number of carbonyl (C=O) groups excluding carboxylic acids is 1. The van der Waals surface area contributed by atoms with Crippen LogP contribution < -0.4 is 10.1 Å². The van der Waals surface area contributed by atoms with E-state index in [2.05, 4.69) is 10.3 Å². The molecule has 0 atom stereocenters. The summed E-state index contributed by atoms with van der Waals surface area (Å²) in [7, 11) is 0. The van der Waals surface area contributed by atoms with Crippen LogP contribution in [-0.2, 0) is 6.61 Å². The van der Waals surface area contributed by atoms with Crippen molar-refractivity contribution < 1.29 is 9.53 Å². The molecule has 0 saturated carbocycles. The van der Waals surface area contributed by atoms with Crippen LogP contribution in [0.1, 0.15) is 20.8 Å². The van der Waals surface area contributed by atoms with Gasteiger partial charge >= 0.3 is 0 Å². The van der Waals surface area contributed by atoms with E-state index in [0.717, 1.165) is 27.4 Å². The van der Waals surface area contributed by atoms with Gasteiger partial charge in [-0.3, -0.25) is 10.1 Å². The number of thiazole rings is 1. The molecule has 2 aromatic carbocycles. The Bertz CT molecular complexity index is 902. The van der Waals surface area contributed by atoms with Crippen LogP contribution in [0, 0.1) is 6.92 Å². The second kappa shape index (κ2) is 5.52. The van der Waals surface area contributed by atoms with Crippen molar-refractivity contribution in [3.63, 3.8) is 0 Å². The van der Waals surface area contributed by atoms with Crippen LogP contribution in [0.4, 0.5) is 5.13 Å². The van der Waals surface area contributed by atoms with Crippen molar-refractivity contribution in [2.24, 2.45) is 0 Å². The number of aryl methyl sites for hydroxylation is 1. The van der Waals surface area contributed by atoms with Crippen molar-refractivity contribution in [3.8, 4) is 17.0 Å². The van der Waals surface area contributed by atoms with E-state index in [1.165, 1.54) is 11.3 Å². The molecule has 1 aliphatic heterocycles. The monoisotopic (exact) mass is 322 g/mol. The molecule has 5 heteroatoms. The maximum absolute atomic E-state index is 12.4. The van der Waals surface area contributed by atoms with Gasteiger partial charge in [-0.05, 0) is 30.7 Å². The zero-order valence-corrected chi connectivity index (χ0v) is 13.3. The van der Waals surface area contributed by atoms with Crippen molar-refractivity contribution in [1.82, 2.24) is 4.98 Å². The minimum absolute atomic E-state index is 0.136. The highest BCUT2D eigenvalue weighted by Gasteiger charge is 2.22. The normalized spacial score (nSPS) is 12.0. The summed E-state index contributed by atoms with van der Waals surface area (Å²) in [4.78, 5) is 18.0. The van der Waals surface area contributed by atoms with E-state index < -0.39 is 0 Å². The minimum atomic E-state index is -0.136. The van der Waals surface area contributed by atoms with E-state index in [-0.39, 0.29) is 5.91 Å². The third-order valence-corrected chi connectivity index (χ3v) is 4.75. The van der Waals surface area contributed by atoms with Crippen LogP contribution in [0.3, 0.4) is 0 Å². The number of aromatic nitrogens is 1. The standard InChI is InChI=1S/C18H14N2O2S/c1-11-6-2-3-7-12(11)17(21)20-18-19-16-13-8-4-5-9-14(13)22-10-15(16)23-18/h2-9H,10H2,1H3,(H,19,20,21). The molecule has 114 valence electrons. The van der Waals surface area contributed by atoms with Gasteiger partial charge in [-0.15, -0.1) is 0 Å². The van der Waals surface area contributed by atoms with Crippen LogP contribution in [0.25, 0.3) is 11.3 Å². The molecular weight excluding hydrogens is 308 g/mol. The lowest BCUT2D eigenvalue weighted by molar-refractivity contribution is 0.102. The molecule has 0 unspecified atom stereocenters. The first kappa shape index (κ1) is 14.0. The highest BCUT2D eigenvalue weighted by atomic mass is 32.1. The van der Waals surface area contributed by atoms with Crippen molar-refractivity contribution >= 4 is 22.4 Å². The zero-order valence-electron chi connectivity index (χ0n) is 12.5. The summed E-state index contributed by atoms with van der Waals surface area (Å²) in [6.07, 6.45) is 0. The Morgan fingerprint density at radius 1 is 1.17 bits per heavy atom. The molecular formula is C18H14N2O2S. The molecule has 23 heavy (non-hydrogen) atoms. The van der Waals surface area contributed by atoms with Gasteiger partial charge in [-0.2, -0.15) is 0 Å². The van der Waals surface area contributed by atoms with E-state index in [1.54, 1.807) is 0 Å². The maximum atomic E-state index is 12.4. The van der Waals surface area contributed by atoms with Gasteiger partial charge in [0.2, 0.25) is 0 Å². The molecule has 1 aliphatic rings. The molecule has 0 radical (unpaired) electrons. The summed E-state index contributed by atoms with van der Waals surface area (Å²) < 4.78 is 5.73. The van der Waals surface area contributed by atoms with Gasteiger partial charge in [0.25, 0.3) is 5.91 Å². The van der Waals surface area contributed by atoms with Crippen molar-refractivity contribution in [1.29, 1.82) is 0 Å². The van der Waals surface area contributed by atoms with Crippen LogP contribution in [0.2, 0.25) is 0 Å². The predicted octanol–water partition coefficient (Wildman–Crippen LogP) is 4.26. The van der Waals surface area contributed by atoms with Gasteiger partial charge in [0.05, 0.1) is 10.6 Å². The number of ether oxygens (including phenoxy) is 1. The molecule has 0 aliphatic carbocycles. The smallest absolute Gasteiger partial charge is 0.257 e. The predicted molar refractivity (Wildman–Crippen MR) is 91.0 cm³/mol. The summed E-state index contributed by atoms with van der Waals surface area (Å²) in [5, 5.41) is 3.50. The lowest BCUT2D eigenvalue weighted by Crippen LogP contribution is -2.12. The van der Waals surface area contributed by atoms with Gasteiger partial charge in [0.15, 0.2) is 5.13 Å². The Morgan fingerprint density at radius 3 is 2.83 bits per heavy atom. The molecule has 1 N–H and O–H groups in total. The molecule has 3 aromatic rings. The van der Waals surface area contributed by atoms with Crippen molar-refractivity contribution in [2.75, 3.05) is 5.32 Å². The maximum Gasteiger partial charge on any atom is 0.257 e. The Kier molecular flexibility index (Phi) is 3.35. The fourth-order valence-corrected chi connectivity index (χ4v) is 3.52. The van der Waals surface area contributed by atoms with Gasteiger partial charge in [0, 0.05) is 11.1 Å². The number of hydrogen-bond donors (Lipinski definition) is 1. The van der Waals surface area contributed by atoms with Crippen LogP contribution >= 0.6 is 11.3 Å². The summed E-state index contributed by atoms with van der Waals surface area (Å²) in [5.74, 6) is 0.700. The molecule has 1 aromatic heterocycles. The molecule has 4 nitrogen and oxygen atoms in total. The molecule has 1 amide bonds. The average Bonchev–Trinajstić information content (AvgIpc) is 2.98. The Morgan fingerprint density at radius 2 is 1.96 bits per heavy atom. The van der Waals surface area contributed by atoms with Crippen LogP contribution in [0.15, 0.2) is 48.5 Å². The van der Waals surface area contributed by atoms with Crippen LogP contribution in [0.5, 0.6) is 5.75 Å². The fraction of sp³-hybridized carbons (Fsp3) is 0.111. The lowest BCUT2D eigenvalue weighted by Gasteiger charge is -2.15. The number of carbonyl (C=O) groups is 1. The quantitative estimate of drug-likeness (QED) is 0.767. The summed E-state index contributed by atoms with van der Waals surface area (Å²) in [6, 6.07) is 15.3. The van der Waals surface area contributed by atoms with Gasteiger partial charge < -0.3 is 4.74 Å². The SMILES string of the molecule is Cc1ccccc1C(=O)Nc1nc2c(s1)COc1ccccc1-2. The van der Waals surface area contributed by atoms with Gasteiger partial charge in [-0.1, -0.05) is 41.7 Å². The first-order valence-electron chi connectivity index (χ1n) is 7.31. The number of amides is 1. The molecule has 4 rings (SSSR count). The number of hydrogen-bond acceptors (Lipinski definition) is 4. The molecule has 0 bridgehead atoms. The Hall–Kier alpha value is -2.66. The van der Waals surface area contributed by atoms with E-state index >= 15 is 0 Å². The van der Waals surface area contributed by atoms with Crippen molar-refractivity contribution in [3.05, 3.63) is 64.5 Å². The first-order chi connectivity index (χ1) is 11.2. The third kappa shape index (κ3) is 2.49. The van der Waals surface area contributed by atoms with Gasteiger partial charge in [0.1, 0.15) is 12.4 Å². The topological polar surface area (TPSA) is 51.2 Å². The average molecular weight is 322 g/mol. The number of anilines is 1. The highest BCUT2D eigenvalue weighted by molar-refractivity contribution is 7.16. The minimum Gasteiger partial charge on any atom is -0.487 e. The zero-order chi connectivity index (χ0) is 15.8. The van der Waals surface area contributed by atoms with E-state index in [1.807, 2.05) is 55.5 Å². The molecule has 0 spiro atoms. The number of benzene rings is 2. The Labute approximate surface area is 137 Å². The number of nitrogens with zero attached hydrogens (tertiary/aromatic N) is 1. The molecule has 0 saturated heterocycles. The third-order valence-electron chi connectivity index (χ3n) is 3.81. The number of fused-ring (bicyclic) bond motifs is 3.